The summed E-state index contributed by atoms with van der Waals surface area (Å²) >= 11 is 0. The first-order valence-corrected chi connectivity index (χ1v) is 11.3. The van der Waals surface area contributed by atoms with E-state index in [0.717, 1.165) is 34.9 Å². The number of epoxide rings is 1. The van der Waals surface area contributed by atoms with E-state index in [4.69, 9.17) is 14.2 Å². The monoisotopic (exact) mass is 454 g/mol. The lowest BCUT2D eigenvalue weighted by atomic mass is 9.84. The molecule has 0 unspecified atom stereocenters. The summed E-state index contributed by atoms with van der Waals surface area (Å²) in [7, 11) is 0. The second kappa shape index (κ2) is 8.33. The highest BCUT2D eigenvalue weighted by Crippen LogP contribution is 2.49. The quantitative estimate of drug-likeness (QED) is 0.311. The number of aromatic amines is 1. The van der Waals surface area contributed by atoms with Crippen molar-refractivity contribution in [3.05, 3.63) is 59.6 Å². The normalized spacial score (nSPS) is 30.6. The van der Waals surface area contributed by atoms with Crippen LogP contribution in [0.4, 0.5) is 9.18 Å². The summed E-state index contributed by atoms with van der Waals surface area (Å²) in [6.45, 7) is 6.35. The predicted octanol–water partition coefficient (Wildman–Crippen LogP) is 4.29. The third-order valence-corrected chi connectivity index (χ3v) is 6.98. The second-order valence-corrected chi connectivity index (χ2v) is 9.23. The fraction of sp³-hybridized carbons (Fsp3) is 0.440. The van der Waals surface area contributed by atoms with E-state index in [1.165, 1.54) is 12.1 Å². The molecule has 174 valence electrons. The van der Waals surface area contributed by atoms with Crippen molar-refractivity contribution in [1.82, 2.24) is 10.3 Å². The highest BCUT2D eigenvalue weighted by molar-refractivity contribution is 5.91. The van der Waals surface area contributed by atoms with Crippen molar-refractivity contribution in [3.63, 3.8) is 0 Å². The number of benzene rings is 1. The van der Waals surface area contributed by atoms with Gasteiger partial charge in [-0.05, 0) is 61.9 Å². The lowest BCUT2D eigenvalue weighted by molar-refractivity contribution is -0.140. The maximum absolute atomic E-state index is 13.5. The number of hydrogen-bond acceptors (Lipinski definition) is 5. The number of fused-ring (bicyclic) bond motifs is 4. The van der Waals surface area contributed by atoms with Gasteiger partial charge in [0.05, 0.1) is 5.60 Å². The molecule has 0 bridgehead atoms. The Labute approximate surface area is 191 Å². The van der Waals surface area contributed by atoms with Crippen LogP contribution in [0.5, 0.6) is 0 Å². The van der Waals surface area contributed by atoms with Crippen molar-refractivity contribution < 1.29 is 28.2 Å². The molecule has 1 aliphatic carbocycles. The van der Waals surface area contributed by atoms with E-state index in [1.807, 2.05) is 6.92 Å². The topological polar surface area (TPSA) is 92.9 Å². The summed E-state index contributed by atoms with van der Waals surface area (Å²) in [5, 5.41) is 3.45. The van der Waals surface area contributed by atoms with Gasteiger partial charge >= 0.3 is 12.1 Å². The van der Waals surface area contributed by atoms with Gasteiger partial charge in [-0.25, -0.2) is 14.0 Å². The van der Waals surface area contributed by atoms with Gasteiger partial charge in [-0.15, -0.1) is 0 Å². The number of carbonyl (C=O) groups is 2. The number of halogens is 1. The van der Waals surface area contributed by atoms with Crippen LogP contribution in [0.3, 0.4) is 0 Å². The van der Waals surface area contributed by atoms with E-state index in [-0.39, 0.29) is 48.7 Å². The van der Waals surface area contributed by atoms with E-state index in [0.29, 0.717) is 18.4 Å². The number of allylic oxidation sites excluding steroid dienone is 1. The Balaban J connectivity index is 1.18. The van der Waals surface area contributed by atoms with E-state index in [9.17, 15) is 14.0 Å². The van der Waals surface area contributed by atoms with Gasteiger partial charge in [0.2, 0.25) is 0 Å². The second-order valence-electron chi connectivity index (χ2n) is 9.23. The fourth-order valence-electron chi connectivity index (χ4n) is 4.92. The first-order chi connectivity index (χ1) is 15.8. The minimum Gasteiger partial charge on any atom is -0.455 e. The number of nitrogens with one attached hydrogen (secondary N) is 2. The first kappa shape index (κ1) is 21.7. The number of ether oxygens (including phenoxy) is 3. The van der Waals surface area contributed by atoms with Crippen LogP contribution in [0, 0.1) is 11.7 Å². The van der Waals surface area contributed by atoms with Crippen molar-refractivity contribution in [2.45, 2.75) is 57.0 Å². The third-order valence-electron chi connectivity index (χ3n) is 6.98. The number of hydrogen-bond donors (Lipinski definition) is 2. The maximum atomic E-state index is 13.5. The summed E-state index contributed by atoms with van der Waals surface area (Å²) in [6.07, 6.45) is 5.88. The molecule has 8 heteroatoms. The molecule has 5 rings (SSSR count). The maximum Gasteiger partial charge on any atom is 0.407 e. The summed E-state index contributed by atoms with van der Waals surface area (Å²) in [6, 6.07) is 4.49. The summed E-state index contributed by atoms with van der Waals surface area (Å²) in [4.78, 5) is 27.4. The zero-order valence-corrected chi connectivity index (χ0v) is 18.5. The molecule has 2 saturated heterocycles. The van der Waals surface area contributed by atoms with E-state index >= 15 is 0 Å². The molecule has 2 aliphatic heterocycles. The predicted molar refractivity (Wildman–Crippen MR) is 119 cm³/mol. The van der Waals surface area contributed by atoms with E-state index < -0.39 is 6.09 Å². The van der Waals surface area contributed by atoms with Crippen molar-refractivity contribution in [2.24, 2.45) is 5.92 Å². The molecule has 2 aromatic rings. The minimum atomic E-state index is -0.544. The Morgan fingerprint density at radius 1 is 1.42 bits per heavy atom. The molecule has 2 N–H and O–H groups in total. The molecule has 0 saturated carbocycles. The van der Waals surface area contributed by atoms with Crippen molar-refractivity contribution in [1.29, 1.82) is 0 Å². The van der Waals surface area contributed by atoms with Crippen LogP contribution < -0.4 is 5.32 Å². The van der Waals surface area contributed by atoms with E-state index in [2.05, 4.69) is 23.0 Å². The molecule has 7 nitrogen and oxygen atoms in total. The van der Waals surface area contributed by atoms with Gasteiger partial charge in [-0.3, -0.25) is 0 Å². The number of aromatic nitrogens is 1. The number of alkyl carbamates (subject to hydrolysis) is 1. The molecule has 33 heavy (non-hydrogen) atoms. The molecule has 1 amide bonds. The number of H-pyrrole nitrogens is 1. The number of carbonyl (C=O) groups excluding carboxylic acids is 2. The zero-order chi connectivity index (χ0) is 23.2. The molecular weight excluding hydrogens is 427 g/mol. The highest BCUT2D eigenvalue weighted by Gasteiger charge is 2.61. The van der Waals surface area contributed by atoms with Crippen molar-refractivity contribution >= 4 is 23.0 Å². The standard InChI is InChI=1S/C25H27FN2O5/c1-14-18-7-5-15(4-3-9-25(2)22(33-25)21(18)32-23(14)29)13-31-24(30)28-12-16-11-27-20-8-6-17(26)10-19(16)20/h4,6,8,10-11,18,21-22,27H,1,3,5,7,9,12-13H2,2H3,(H,28,30)/b15-4+/t18-,21-,22-,25+/m0/s1. The number of rotatable bonds is 4. The largest absolute Gasteiger partial charge is 0.455 e. The lowest BCUT2D eigenvalue weighted by Gasteiger charge is -2.20. The molecule has 2 fully saturated rings. The molecule has 3 heterocycles. The Kier molecular flexibility index (Phi) is 5.48. The molecular formula is C25H27FN2O5. The third kappa shape index (κ3) is 4.27. The van der Waals surface area contributed by atoms with Crippen LogP contribution in [0.15, 0.2) is 48.2 Å². The Morgan fingerprint density at radius 2 is 2.27 bits per heavy atom. The molecule has 1 aromatic carbocycles. The van der Waals surface area contributed by atoms with Gasteiger partial charge < -0.3 is 24.5 Å². The van der Waals surface area contributed by atoms with Gasteiger partial charge in [0.15, 0.2) is 0 Å². The molecule has 4 atom stereocenters. The Hall–Kier alpha value is -3.13. The van der Waals surface area contributed by atoms with Crippen molar-refractivity contribution in [2.75, 3.05) is 6.61 Å². The van der Waals surface area contributed by atoms with Crippen LogP contribution in [0.2, 0.25) is 0 Å². The highest BCUT2D eigenvalue weighted by atomic mass is 19.1. The van der Waals surface area contributed by atoms with Crippen molar-refractivity contribution in [3.8, 4) is 0 Å². The average molecular weight is 454 g/mol. The molecule has 0 radical (unpaired) electrons. The number of esters is 1. The van der Waals surface area contributed by atoms with Gasteiger partial charge in [0, 0.05) is 35.1 Å². The van der Waals surface area contributed by atoms with Gasteiger partial charge in [-0.1, -0.05) is 12.7 Å². The molecule has 0 spiro atoms. The lowest BCUT2D eigenvalue weighted by Crippen LogP contribution is -2.29. The zero-order valence-electron chi connectivity index (χ0n) is 18.5. The molecule has 3 aliphatic rings. The summed E-state index contributed by atoms with van der Waals surface area (Å²) < 4.78 is 30.5. The average Bonchev–Trinajstić information content (AvgIpc) is 3.15. The van der Waals surface area contributed by atoms with Gasteiger partial charge in [0.25, 0.3) is 0 Å². The summed E-state index contributed by atoms with van der Waals surface area (Å²) in [5.41, 5.74) is 2.77. The SMILES string of the molecule is C=C1C(=O)O[C@H]2[C@H]1CC/C(COC(=O)NCc1c[nH]c3ccc(F)cc13)=C\CC[C@@]1(C)O[C@@H]21. The smallest absolute Gasteiger partial charge is 0.407 e. The van der Waals surface area contributed by atoms with Crippen LogP contribution in [-0.4, -0.2) is 41.5 Å². The summed E-state index contributed by atoms with van der Waals surface area (Å²) in [5.74, 6) is -0.771. The minimum absolute atomic E-state index is 0.0827. The fourth-order valence-corrected chi connectivity index (χ4v) is 4.92. The van der Waals surface area contributed by atoms with Crippen LogP contribution in [0.1, 0.15) is 38.2 Å². The van der Waals surface area contributed by atoms with Gasteiger partial charge in [-0.2, -0.15) is 0 Å². The van der Waals surface area contributed by atoms with Crippen LogP contribution in [-0.2, 0) is 25.5 Å². The first-order valence-electron chi connectivity index (χ1n) is 11.3. The number of amides is 1. The Bertz CT molecular complexity index is 1150. The molecule has 1 aromatic heterocycles. The van der Waals surface area contributed by atoms with Gasteiger partial charge in [0.1, 0.15) is 24.6 Å². The Morgan fingerprint density at radius 3 is 3.12 bits per heavy atom. The van der Waals surface area contributed by atoms with Crippen LogP contribution in [0.25, 0.3) is 10.9 Å². The van der Waals surface area contributed by atoms with Crippen LogP contribution >= 0.6 is 0 Å². The van der Waals surface area contributed by atoms with E-state index in [1.54, 1.807) is 12.3 Å².